The number of rotatable bonds is 3. The molecule has 0 aliphatic rings. The molecule has 5 heteroatoms. The molecule has 0 spiro atoms. The largest absolute Gasteiger partial charge is 0.507 e. The van der Waals surface area contributed by atoms with E-state index in [0.717, 1.165) is 16.5 Å². The van der Waals surface area contributed by atoms with Crippen LogP contribution in [0.4, 0.5) is 0 Å². The molecule has 3 aromatic rings. The summed E-state index contributed by atoms with van der Waals surface area (Å²) in [6, 6.07) is 8.90. The maximum absolute atomic E-state index is 12.1. The highest BCUT2D eigenvalue weighted by molar-refractivity contribution is 6.09. The van der Waals surface area contributed by atoms with E-state index in [-0.39, 0.29) is 17.1 Å². The number of aryl methyl sites for hydroxylation is 1. The van der Waals surface area contributed by atoms with E-state index in [9.17, 15) is 14.7 Å². The van der Waals surface area contributed by atoms with Crippen LogP contribution >= 0.6 is 0 Å². The second-order valence-corrected chi connectivity index (χ2v) is 4.89. The van der Waals surface area contributed by atoms with E-state index < -0.39 is 11.4 Å². The summed E-state index contributed by atoms with van der Waals surface area (Å²) in [7, 11) is 0. The van der Waals surface area contributed by atoms with Crippen LogP contribution in [0, 0.1) is 6.92 Å². The number of ketones is 1. The predicted octanol–water partition coefficient (Wildman–Crippen LogP) is 3.03. The van der Waals surface area contributed by atoms with Gasteiger partial charge in [0.05, 0.1) is 0 Å². The van der Waals surface area contributed by atoms with Gasteiger partial charge < -0.3 is 14.5 Å². The van der Waals surface area contributed by atoms with Gasteiger partial charge in [-0.1, -0.05) is 18.2 Å². The third-order valence-corrected chi connectivity index (χ3v) is 3.34. The van der Waals surface area contributed by atoms with Crippen molar-refractivity contribution in [1.29, 1.82) is 0 Å². The molecule has 110 valence electrons. The molecule has 0 saturated carbocycles. The van der Waals surface area contributed by atoms with Crippen molar-refractivity contribution in [2.75, 3.05) is 0 Å². The number of para-hydroxylation sites is 1. The zero-order valence-electron chi connectivity index (χ0n) is 11.8. The van der Waals surface area contributed by atoms with Crippen molar-refractivity contribution in [2.24, 2.45) is 0 Å². The second-order valence-electron chi connectivity index (χ2n) is 4.89. The first kappa shape index (κ1) is 13.9. The summed E-state index contributed by atoms with van der Waals surface area (Å²) in [5.41, 5.74) is 0.569. The van der Waals surface area contributed by atoms with Crippen LogP contribution in [0.5, 0.6) is 5.75 Å². The Morgan fingerprint density at radius 3 is 2.86 bits per heavy atom. The number of aromatic hydroxyl groups is 1. The van der Waals surface area contributed by atoms with E-state index in [0.29, 0.717) is 0 Å². The first-order valence-electron chi connectivity index (χ1n) is 6.68. The van der Waals surface area contributed by atoms with Gasteiger partial charge in [0.15, 0.2) is 5.78 Å². The van der Waals surface area contributed by atoms with Crippen LogP contribution in [0.1, 0.15) is 21.7 Å². The van der Waals surface area contributed by atoms with Crippen LogP contribution in [0.2, 0.25) is 0 Å². The van der Waals surface area contributed by atoms with Crippen molar-refractivity contribution in [3.05, 3.63) is 69.9 Å². The molecule has 2 aromatic heterocycles. The Bertz CT molecular complexity index is 947. The smallest absolute Gasteiger partial charge is 0.351 e. The molecule has 0 fully saturated rings. The van der Waals surface area contributed by atoms with Gasteiger partial charge >= 0.3 is 5.63 Å². The van der Waals surface area contributed by atoms with Gasteiger partial charge in [0, 0.05) is 23.2 Å². The normalized spacial score (nSPS) is 11.3. The summed E-state index contributed by atoms with van der Waals surface area (Å²) >= 11 is 0. The first-order valence-corrected chi connectivity index (χ1v) is 6.68. The highest BCUT2D eigenvalue weighted by Crippen LogP contribution is 2.20. The number of hydrogen-bond donors (Lipinski definition) is 2. The number of carbonyl (C=O) groups is 1. The molecule has 5 nitrogen and oxygen atoms in total. The second kappa shape index (κ2) is 5.37. The number of benzene rings is 1. The minimum atomic E-state index is -0.842. The molecule has 2 heterocycles. The van der Waals surface area contributed by atoms with Crippen LogP contribution in [0.15, 0.2) is 51.8 Å². The molecule has 0 aliphatic carbocycles. The Labute approximate surface area is 125 Å². The van der Waals surface area contributed by atoms with Gasteiger partial charge in [0.25, 0.3) is 0 Å². The van der Waals surface area contributed by atoms with Gasteiger partial charge in [-0.2, -0.15) is 0 Å². The fraction of sp³-hybridized carbons (Fsp3) is 0.0588. The lowest BCUT2D eigenvalue weighted by atomic mass is 10.1. The third-order valence-electron chi connectivity index (χ3n) is 3.34. The van der Waals surface area contributed by atoms with Gasteiger partial charge in [-0.3, -0.25) is 4.79 Å². The standard InChI is InChI=1S/C17H13NO4/c1-10-8-15(20)16(17(21)22-10)14(19)7-6-11-9-18-13-5-3-2-4-12(11)13/h2-9,18,20H,1H3/b7-6+. The molecule has 0 aliphatic heterocycles. The highest BCUT2D eigenvalue weighted by Gasteiger charge is 2.16. The summed E-state index contributed by atoms with van der Waals surface area (Å²) < 4.78 is 4.84. The summed E-state index contributed by atoms with van der Waals surface area (Å²) in [4.78, 5) is 26.9. The Balaban J connectivity index is 1.96. The minimum absolute atomic E-state index is 0.250. The van der Waals surface area contributed by atoms with Gasteiger partial charge in [0.2, 0.25) is 0 Å². The quantitative estimate of drug-likeness (QED) is 0.574. The van der Waals surface area contributed by atoms with Crippen LogP contribution in [-0.4, -0.2) is 15.9 Å². The molecule has 0 radical (unpaired) electrons. The van der Waals surface area contributed by atoms with Crippen LogP contribution < -0.4 is 5.63 Å². The minimum Gasteiger partial charge on any atom is -0.507 e. The maximum Gasteiger partial charge on any atom is 0.351 e. The SMILES string of the molecule is Cc1cc(O)c(C(=O)/C=C/c2c[nH]c3ccccc23)c(=O)o1. The topological polar surface area (TPSA) is 83.3 Å². The molecule has 0 atom stereocenters. The van der Waals surface area contributed by atoms with E-state index in [1.807, 2.05) is 24.3 Å². The van der Waals surface area contributed by atoms with E-state index in [1.165, 1.54) is 19.1 Å². The fourth-order valence-electron chi connectivity index (χ4n) is 2.30. The van der Waals surface area contributed by atoms with Crippen molar-refractivity contribution in [2.45, 2.75) is 6.92 Å². The Kier molecular flexibility index (Phi) is 3.39. The lowest BCUT2D eigenvalue weighted by Crippen LogP contribution is -2.12. The summed E-state index contributed by atoms with van der Waals surface area (Å²) in [5, 5.41) is 10.7. The molecule has 3 rings (SSSR count). The molecule has 2 N–H and O–H groups in total. The van der Waals surface area contributed by atoms with Crippen LogP contribution in [0.25, 0.3) is 17.0 Å². The molecule has 1 aromatic carbocycles. The summed E-state index contributed by atoms with van der Waals surface area (Å²) in [5.74, 6) is -0.724. The van der Waals surface area contributed by atoms with Crippen molar-refractivity contribution in [1.82, 2.24) is 4.98 Å². The first-order chi connectivity index (χ1) is 10.6. The van der Waals surface area contributed by atoms with Crippen molar-refractivity contribution in [3.8, 4) is 5.75 Å². The van der Waals surface area contributed by atoms with Crippen LogP contribution in [0.3, 0.4) is 0 Å². The Hall–Kier alpha value is -3.08. The number of allylic oxidation sites excluding steroid dienone is 1. The molecule has 22 heavy (non-hydrogen) atoms. The van der Waals surface area contributed by atoms with Crippen molar-refractivity contribution < 1.29 is 14.3 Å². The van der Waals surface area contributed by atoms with E-state index in [1.54, 1.807) is 12.3 Å². The van der Waals surface area contributed by atoms with Crippen LogP contribution in [-0.2, 0) is 0 Å². The highest BCUT2D eigenvalue weighted by atomic mass is 16.4. The Morgan fingerprint density at radius 2 is 2.09 bits per heavy atom. The van der Waals surface area contributed by atoms with Gasteiger partial charge in [0.1, 0.15) is 17.1 Å². The zero-order valence-corrected chi connectivity index (χ0v) is 11.8. The molecule has 0 bridgehead atoms. The lowest BCUT2D eigenvalue weighted by molar-refractivity contribution is 0.104. The van der Waals surface area contributed by atoms with Gasteiger partial charge in [-0.15, -0.1) is 0 Å². The summed E-state index contributed by atoms with van der Waals surface area (Å²) in [6.07, 6.45) is 4.61. The molecule has 0 saturated heterocycles. The number of nitrogens with one attached hydrogen (secondary N) is 1. The molecular formula is C17H13NO4. The number of aromatic amines is 1. The summed E-state index contributed by atoms with van der Waals surface area (Å²) in [6.45, 7) is 1.52. The van der Waals surface area contributed by atoms with E-state index in [4.69, 9.17) is 4.42 Å². The van der Waals surface area contributed by atoms with E-state index >= 15 is 0 Å². The predicted molar refractivity (Wildman–Crippen MR) is 83.0 cm³/mol. The number of aromatic nitrogens is 1. The lowest BCUT2D eigenvalue weighted by Gasteiger charge is -1.99. The van der Waals surface area contributed by atoms with Gasteiger partial charge in [-0.05, 0) is 30.7 Å². The fourth-order valence-corrected chi connectivity index (χ4v) is 2.30. The molecule has 0 amide bonds. The third kappa shape index (κ3) is 2.44. The monoisotopic (exact) mass is 295 g/mol. The number of fused-ring (bicyclic) bond motifs is 1. The van der Waals surface area contributed by atoms with E-state index in [2.05, 4.69) is 4.98 Å². The van der Waals surface area contributed by atoms with Crippen molar-refractivity contribution >= 4 is 22.8 Å². The maximum atomic E-state index is 12.1. The molecular weight excluding hydrogens is 282 g/mol. The number of carbonyl (C=O) groups excluding carboxylic acids is 1. The average molecular weight is 295 g/mol. The van der Waals surface area contributed by atoms with Gasteiger partial charge in [-0.25, -0.2) is 4.79 Å². The molecule has 0 unspecified atom stereocenters. The average Bonchev–Trinajstić information content (AvgIpc) is 2.87. The zero-order chi connectivity index (χ0) is 15.7. The van der Waals surface area contributed by atoms with Crippen molar-refractivity contribution in [3.63, 3.8) is 0 Å². The Morgan fingerprint density at radius 1 is 1.32 bits per heavy atom. The number of H-pyrrole nitrogens is 1. The number of hydrogen-bond acceptors (Lipinski definition) is 4.